The van der Waals surface area contributed by atoms with Gasteiger partial charge in [0.1, 0.15) is 0 Å². The van der Waals surface area contributed by atoms with Crippen LogP contribution in [0.25, 0.3) is 43.0 Å². The molecular formula is C24H16N2S. The van der Waals surface area contributed by atoms with Gasteiger partial charge >= 0.3 is 0 Å². The zero-order valence-electron chi connectivity index (χ0n) is 14.5. The number of benzene rings is 2. The second-order valence-electron chi connectivity index (χ2n) is 6.37. The van der Waals surface area contributed by atoms with Crippen molar-refractivity contribution in [3.05, 3.63) is 97.3 Å². The van der Waals surface area contributed by atoms with E-state index in [9.17, 15) is 0 Å². The van der Waals surface area contributed by atoms with Gasteiger partial charge in [-0.1, -0.05) is 42.5 Å². The average molecular weight is 364 g/mol. The molecule has 5 rings (SSSR count). The molecule has 3 heteroatoms. The molecule has 0 saturated carbocycles. The summed E-state index contributed by atoms with van der Waals surface area (Å²) in [6.45, 7) is 0. The van der Waals surface area contributed by atoms with Crippen molar-refractivity contribution in [3.8, 4) is 32.3 Å². The van der Waals surface area contributed by atoms with Crippen molar-refractivity contribution in [2.75, 3.05) is 0 Å². The van der Waals surface area contributed by atoms with E-state index in [0.29, 0.717) is 0 Å². The maximum atomic E-state index is 4.71. The minimum absolute atomic E-state index is 0.992. The van der Waals surface area contributed by atoms with Gasteiger partial charge in [0, 0.05) is 28.4 Å². The van der Waals surface area contributed by atoms with E-state index in [1.54, 1.807) is 11.3 Å². The molecule has 3 aromatic heterocycles. The molecule has 0 aliphatic heterocycles. The summed E-state index contributed by atoms with van der Waals surface area (Å²) in [6.07, 6.45) is 3.78. The Hall–Kier alpha value is -3.30. The van der Waals surface area contributed by atoms with E-state index in [2.05, 4.69) is 71.7 Å². The van der Waals surface area contributed by atoms with Crippen LogP contribution in [0.5, 0.6) is 0 Å². The molecule has 0 radical (unpaired) electrons. The van der Waals surface area contributed by atoms with Crippen molar-refractivity contribution in [1.82, 2.24) is 9.97 Å². The Kier molecular flexibility index (Phi) is 4.00. The molecule has 0 spiro atoms. The van der Waals surface area contributed by atoms with Crippen molar-refractivity contribution in [2.24, 2.45) is 0 Å². The highest BCUT2D eigenvalue weighted by atomic mass is 32.1. The first-order chi connectivity index (χ1) is 13.4. The highest BCUT2D eigenvalue weighted by Crippen LogP contribution is 2.34. The topological polar surface area (TPSA) is 25.8 Å². The van der Waals surface area contributed by atoms with Gasteiger partial charge in [0.25, 0.3) is 0 Å². The minimum Gasteiger partial charge on any atom is -0.256 e. The van der Waals surface area contributed by atoms with Gasteiger partial charge in [0.2, 0.25) is 0 Å². The molecule has 2 nitrogen and oxygen atoms in total. The molecule has 0 unspecified atom stereocenters. The van der Waals surface area contributed by atoms with Crippen LogP contribution < -0.4 is 0 Å². The smallest absolute Gasteiger partial charge is 0.0801 e. The second kappa shape index (κ2) is 6.78. The van der Waals surface area contributed by atoms with Crippen LogP contribution in [-0.4, -0.2) is 9.97 Å². The van der Waals surface area contributed by atoms with Crippen LogP contribution in [0.3, 0.4) is 0 Å². The van der Waals surface area contributed by atoms with Crippen LogP contribution in [0.15, 0.2) is 97.3 Å². The van der Waals surface area contributed by atoms with Gasteiger partial charge in [0.05, 0.1) is 16.3 Å². The molecule has 5 aromatic rings. The Bertz CT molecular complexity index is 1210. The molecule has 0 aliphatic rings. The normalized spacial score (nSPS) is 11.0. The molecule has 128 valence electrons. The van der Waals surface area contributed by atoms with Gasteiger partial charge in [-0.05, 0) is 53.2 Å². The number of pyridine rings is 2. The Balaban J connectivity index is 1.45. The number of hydrogen-bond donors (Lipinski definition) is 0. The molecule has 2 aromatic carbocycles. The van der Waals surface area contributed by atoms with E-state index in [4.69, 9.17) is 4.98 Å². The lowest BCUT2D eigenvalue weighted by Gasteiger charge is -2.04. The Morgan fingerprint density at radius 3 is 2.19 bits per heavy atom. The molecule has 0 aliphatic carbocycles. The van der Waals surface area contributed by atoms with Gasteiger partial charge in [-0.15, -0.1) is 11.3 Å². The van der Waals surface area contributed by atoms with Crippen molar-refractivity contribution in [2.45, 2.75) is 0 Å². The first-order valence-electron chi connectivity index (χ1n) is 8.84. The molecule has 0 atom stereocenters. The Morgan fingerprint density at radius 1 is 0.556 bits per heavy atom. The van der Waals surface area contributed by atoms with Crippen LogP contribution in [0.2, 0.25) is 0 Å². The molecular weight excluding hydrogens is 348 g/mol. The monoisotopic (exact) mass is 364 g/mol. The van der Waals surface area contributed by atoms with Crippen LogP contribution in [0.1, 0.15) is 0 Å². The van der Waals surface area contributed by atoms with Crippen LogP contribution in [0.4, 0.5) is 0 Å². The van der Waals surface area contributed by atoms with Crippen molar-refractivity contribution >= 4 is 22.1 Å². The van der Waals surface area contributed by atoms with Crippen molar-refractivity contribution in [1.29, 1.82) is 0 Å². The van der Waals surface area contributed by atoms with E-state index < -0.39 is 0 Å². The van der Waals surface area contributed by atoms with Gasteiger partial charge in [-0.3, -0.25) is 9.97 Å². The summed E-state index contributed by atoms with van der Waals surface area (Å²) in [7, 11) is 0. The summed E-state index contributed by atoms with van der Waals surface area (Å²) in [5.74, 6) is 0. The summed E-state index contributed by atoms with van der Waals surface area (Å²) in [4.78, 5) is 11.5. The minimum atomic E-state index is 0.992. The largest absolute Gasteiger partial charge is 0.256 e. The lowest BCUT2D eigenvalue weighted by atomic mass is 10.0. The molecule has 0 fully saturated rings. The molecule has 0 bridgehead atoms. The third kappa shape index (κ3) is 3.14. The highest BCUT2D eigenvalue weighted by molar-refractivity contribution is 7.18. The van der Waals surface area contributed by atoms with Gasteiger partial charge in [-0.25, -0.2) is 0 Å². The standard InChI is InChI=1S/C24H16N2S/c1-2-6-18-15-19(9-8-17(18)5-1)21-11-10-20(16-26-21)23-12-13-24(27-23)22-7-3-4-14-25-22/h1-16H. The number of hydrogen-bond acceptors (Lipinski definition) is 3. The van der Waals surface area contributed by atoms with E-state index in [-0.39, 0.29) is 0 Å². The number of thiophene rings is 1. The summed E-state index contributed by atoms with van der Waals surface area (Å²) in [5.41, 5.74) is 4.27. The highest BCUT2D eigenvalue weighted by Gasteiger charge is 2.07. The van der Waals surface area contributed by atoms with E-state index in [1.165, 1.54) is 20.5 Å². The average Bonchev–Trinajstić information content (AvgIpc) is 3.24. The van der Waals surface area contributed by atoms with Crippen molar-refractivity contribution < 1.29 is 0 Å². The van der Waals surface area contributed by atoms with E-state index in [0.717, 1.165) is 22.5 Å². The van der Waals surface area contributed by atoms with E-state index in [1.807, 2.05) is 30.6 Å². The zero-order chi connectivity index (χ0) is 18.1. The zero-order valence-corrected chi connectivity index (χ0v) is 15.4. The third-order valence-electron chi connectivity index (χ3n) is 4.62. The first kappa shape index (κ1) is 15.9. The Labute approximate surface area is 161 Å². The van der Waals surface area contributed by atoms with Crippen molar-refractivity contribution in [3.63, 3.8) is 0 Å². The molecule has 27 heavy (non-hydrogen) atoms. The predicted molar refractivity (Wildman–Crippen MR) is 114 cm³/mol. The maximum absolute atomic E-state index is 4.71. The van der Waals surface area contributed by atoms with Gasteiger partial charge in [-0.2, -0.15) is 0 Å². The molecule has 0 N–H and O–H groups in total. The number of fused-ring (bicyclic) bond motifs is 1. The summed E-state index contributed by atoms with van der Waals surface area (Å²) in [6, 6.07) is 29.4. The number of nitrogens with zero attached hydrogens (tertiary/aromatic N) is 2. The number of rotatable bonds is 3. The fourth-order valence-corrected chi connectivity index (χ4v) is 4.17. The summed E-state index contributed by atoms with van der Waals surface area (Å²) >= 11 is 1.74. The summed E-state index contributed by atoms with van der Waals surface area (Å²) in [5, 5.41) is 2.48. The fraction of sp³-hybridized carbons (Fsp3) is 0. The SMILES string of the molecule is c1ccc(-c2ccc(-c3ccc(-c4ccc5ccccc5c4)nc3)s2)nc1. The maximum Gasteiger partial charge on any atom is 0.0801 e. The molecule has 0 saturated heterocycles. The molecule has 0 amide bonds. The number of aromatic nitrogens is 2. The summed E-state index contributed by atoms with van der Waals surface area (Å²) < 4.78 is 0. The quantitative estimate of drug-likeness (QED) is 0.356. The third-order valence-corrected chi connectivity index (χ3v) is 5.77. The lowest BCUT2D eigenvalue weighted by Crippen LogP contribution is -1.84. The van der Waals surface area contributed by atoms with Crippen LogP contribution in [0, 0.1) is 0 Å². The first-order valence-corrected chi connectivity index (χ1v) is 9.65. The second-order valence-corrected chi connectivity index (χ2v) is 7.46. The lowest BCUT2D eigenvalue weighted by molar-refractivity contribution is 1.33. The van der Waals surface area contributed by atoms with Gasteiger partial charge < -0.3 is 0 Å². The van der Waals surface area contributed by atoms with Gasteiger partial charge in [0.15, 0.2) is 0 Å². The molecule has 3 heterocycles. The van der Waals surface area contributed by atoms with E-state index >= 15 is 0 Å². The van der Waals surface area contributed by atoms with Crippen LogP contribution in [-0.2, 0) is 0 Å². The Morgan fingerprint density at radius 2 is 1.37 bits per heavy atom. The fourth-order valence-electron chi connectivity index (χ4n) is 3.20. The predicted octanol–water partition coefficient (Wildman–Crippen LogP) is 6.69. The van der Waals surface area contributed by atoms with Crippen LogP contribution >= 0.6 is 11.3 Å².